The zero-order chi connectivity index (χ0) is 15.4. The molecule has 2 aromatic rings. The number of halogens is 1. The molecule has 122 valence electrons. The van der Waals surface area contributed by atoms with Crippen LogP contribution in [0.3, 0.4) is 0 Å². The maximum atomic E-state index is 12.9. The van der Waals surface area contributed by atoms with Crippen molar-refractivity contribution in [1.29, 1.82) is 0 Å². The van der Waals surface area contributed by atoms with Gasteiger partial charge in [0.05, 0.1) is 6.04 Å². The third-order valence-corrected chi connectivity index (χ3v) is 4.36. The van der Waals surface area contributed by atoms with Gasteiger partial charge in [-0.15, -0.1) is 12.4 Å². The Morgan fingerprint density at radius 3 is 2.35 bits per heavy atom. The molecule has 0 aliphatic carbocycles. The van der Waals surface area contributed by atoms with Gasteiger partial charge < -0.3 is 10.6 Å². The summed E-state index contributed by atoms with van der Waals surface area (Å²) in [6.45, 7) is 0.822. The van der Waals surface area contributed by atoms with Gasteiger partial charge in [-0.3, -0.25) is 4.79 Å². The van der Waals surface area contributed by atoms with Gasteiger partial charge in [0.1, 0.15) is 0 Å². The van der Waals surface area contributed by atoms with E-state index in [4.69, 9.17) is 5.73 Å². The standard InChI is InChI=1S/C19H22N2O.ClH/c20-17-12-10-16(11-13-17)19(22)21-14-6-2-5-9-18(21)15-7-3-1-4-8-15;/h1,3-4,7-8,10-13,18H,2,5-6,9,14,20H2;1H. The number of anilines is 1. The Bertz CT molecular complexity index is 628. The van der Waals surface area contributed by atoms with Crippen LogP contribution in [-0.4, -0.2) is 17.4 Å². The van der Waals surface area contributed by atoms with Crippen molar-refractivity contribution in [3.8, 4) is 0 Å². The maximum absolute atomic E-state index is 12.9. The van der Waals surface area contributed by atoms with Crippen LogP contribution in [0.1, 0.15) is 47.6 Å². The van der Waals surface area contributed by atoms with Crippen molar-refractivity contribution in [2.45, 2.75) is 31.7 Å². The van der Waals surface area contributed by atoms with E-state index in [-0.39, 0.29) is 24.4 Å². The Balaban J connectivity index is 0.00000192. The lowest BCUT2D eigenvalue weighted by Crippen LogP contribution is -2.34. The molecule has 4 heteroatoms. The molecule has 0 spiro atoms. The van der Waals surface area contributed by atoms with E-state index in [9.17, 15) is 4.79 Å². The quantitative estimate of drug-likeness (QED) is 0.827. The molecule has 1 atom stereocenters. The highest BCUT2D eigenvalue weighted by atomic mass is 35.5. The summed E-state index contributed by atoms with van der Waals surface area (Å²) >= 11 is 0. The molecule has 0 saturated carbocycles. The normalized spacial score (nSPS) is 17.9. The number of carbonyl (C=O) groups is 1. The van der Waals surface area contributed by atoms with Crippen molar-refractivity contribution >= 4 is 24.0 Å². The summed E-state index contributed by atoms with van der Waals surface area (Å²) < 4.78 is 0. The van der Waals surface area contributed by atoms with Crippen LogP contribution >= 0.6 is 12.4 Å². The maximum Gasteiger partial charge on any atom is 0.254 e. The lowest BCUT2D eigenvalue weighted by atomic mass is 10.00. The fourth-order valence-corrected chi connectivity index (χ4v) is 3.16. The number of nitrogen functional groups attached to an aromatic ring is 1. The molecule has 1 heterocycles. The molecular weight excluding hydrogens is 308 g/mol. The van der Waals surface area contributed by atoms with Gasteiger partial charge in [-0.25, -0.2) is 0 Å². The lowest BCUT2D eigenvalue weighted by molar-refractivity contribution is 0.0681. The number of hydrogen-bond donors (Lipinski definition) is 1. The monoisotopic (exact) mass is 330 g/mol. The molecule has 0 radical (unpaired) electrons. The van der Waals surface area contributed by atoms with Crippen molar-refractivity contribution in [2.75, 3.05) is 12.3 Å². The molecule has 3 nitrogen and oxygen atoms in total. The van der Waals surface area contributed by atoms with Gasteiger partial charge in [0.25, 0.3) is 5.91 Å². The minimum atomic E-state index is 0. The number of nitrogens with two attached hydrogens (primary N) is 1. The number of nitrogens with zero attached hydrogens (tertiary/aromatic N) is 1. The molecule has 1 unspecified atom stereocenters. The van der Waals surface area contributed by atoms with Crippen molar-refractivity contribution in [1.82, 2.24) is 4.90 Å². The Hall–Kier alpha value is -2.00. The summed E-state index contributed by atoms with van der Waals surface area (Å²) in [5, 5.41) is 0. The SMILES string of the molecule is Cl.Nc1ccc(C(=O)N2CCCCCC2c2ccccc2)cc1. The summed E-state index contributed by atoms with van der Waals surface area (Å²) in [5.41, 5.74) is 8.36. The highest BCUT2D eigenvalue weighted by Crippen LogP contribution is 2.31. The molecule has 2 N–H and O–H groups in total. The second-order valence-electron chi connectivity index (χ2n) is 5.90. The molecule has 0 aromatic heterocycles. The van der Waals surface area contributed by atoms with E-state index in [1.165, 1.54) is 18.4 Å². The third kappa shape index (κ3) is 4.05. The molecule has 0 bridgehead atoms. The van der Waals surface area contributed by atoms with Gasteiger partial charge in [-0.1, -0.05) is 43.2 Å². The number of amides is 1. The van der Waals surface area contributed by atoms with E-state index < -0.39 is 0 Å². The molecule has 1 aliphatic heterocycles. The summed E-state index contributed by atoms with van der Waals surface area (Å²) in [4.78, 5) is 15.0. The van der Waals surface area contributed by atoms with Crippen LogP contribution in [0.15, 0.2) is 54.6 Å². The van der Waals surface area contributed by atoms with E-state index >= 15 is 0 Å². The average molecular weight is 331 g/mol. The summed E-state index contributed by atoms with van der Waals surface area (Å²) in [6.07, 6.45) is 4.47. The van der Waals surface area contributed by atoms with Crippen molar-refractivity contribution < 1.29 is 4.79 Å². The smallest absolute Gasteiger partial charge is 0.254 e. The summed E-state index contributed by atoms with van der Waals surface area (Å²) in [5.74, 6) is 0.107. The van der Waals surface area contributed by atoms with Crippen molar-refractivity contribution in [3.05, 3.63) is 65.7 Å². The number of benzene rings is 2. The Kier molecular flexibility index (Phi) is 6.05. The van der Waals surface area contributed by atoms with Crippen LogP contribution in [0.5, 0.6) is 0 Å². The van der Waals surface area contributed by atoms with Gasteiger partial charge in [0, 0.05) is 17.8 Å². The first-order chi connectivity index (χ1) is 10.8. The highest BCUT2D eigenvalue weighted by molar-refractivity contribution is 5.94. The van der Waals surface area contributed by atoms with Gasteiger partial charge >= 0.3 is 0 Å². The molecule has 23 heavy (non-hydrogen) atoms. The third-order valence-electron chi connectivity index (χ3n) is 4.36. The van der Waals surface area contributed by atoms with Crippen LogP contribution in [-0.2, 0) is 0 Å². The number of rotatable bonds is 2. The van der Waals surface area contributed by atoms with E-state index in [0.717, 1.165) is 24.9 Å². The first-order valence-electron chi connectivity index (χ1n) is 7.97. The van der Waals surface area contributed by atoms with E-state index in [1.807, 2.05) is 35.2 Å². The first kappa shape index (κ1) is 17.4. The predicted molar refractivity (Wildman–Crippen MR) is 96.8 cm³/mol. The molecule has 1 fully saturated rings. The van der Waals surface area contributed by atoms with Crippen molar-refractivity contribution in [2.24, 2.45) is 0 Å². The van der Waals surface area contributed by atoms with Gasteiger partial charge in [0.15, 0.2) is 0 Å². The Morgan fingerprint density at radius 1 is 0.957 bits per heavy atom. The Labute approximate surface area is 143 Å². The van der Waals surface area contributed by atoms with Crippen LogP contribution in [0.25, 0.3) is 0 Å². The molecule has 1 aliphatic rings. The van der Waals surface area contributed by atoms with Crippen LogP contribution in [0, 0.1) is 0 Å². The van der Waals surface area contributed by atoms with Crippen LogP contribution in [0.2, 0.25) is 0 Å². The van der Waals surface area contributed by atoms with Gasteiger partial charge in [-0.2, -0.15) is 0 Å². The summed E-state index contributed by atoms with van der Waals surface area (Å²) in [7, 11) is 0. The predicted octanol–water partition coefficient (Wildman–Crippen LogP) is 4.45. The molecular formula is C19H23ClN2O. The van der Waals surface area contributed by atoms with Gasteiger partial charge in [-0.05, 0) is 42.7 Å². The minimum absolute atomic E-state index is 0. The lowest BCUT2D eigenvalue weighted by Gasteiger charge is -2.30. The fraction of sp³-hybridized carbons (Fsp3) is 0.316. The second-order valence-corrected chi connectivity index (χ2v) is 5.90. The zero-order valence-electron chi connectivity index (χ0n) is 13.2. The number of likely N-dealkylation sites (tertiary alicyclic amines) is 1. The summed E-state index contributed by atoms with van der Waals surface area (Å²) in [6, 6.07) is 17.8. The van der Waals surface area contributed by atoms with Gasteiger partial charge in [0.2, 0.25) is 0 Å². The second kappa shape index (κ2) is 8.02. The van der Waals surface area contributed by atoms with Crippen LogP contribution in [0.4, 0.5) is 5.69 Å². The molecule has 1 amide bonds. The van der Waals surface area contributed by atoms with E-state index in [1.54, 1.807) is 12.1 Å². The fourth-order valence-electron chi connectivity index (χ4n) is 3.16. The molecule has 1 saturated heterocycles. The Morgan fingerprint density at radius 2 is 1.65 bits per heavy atom. The molecule has 2 aromatic carbocycles. The van der Waals surface area contributed by atoms with Crippen molar-refractivity contribution in [3.63, 3.8) is 0 Å². The number of carbonyl (C=O) groups excluding carboxylic acids is 1. The number of hydrogen-bond acceptors (Lipinski definition) is 2. The van der Waals surface area contributed by atoms with E-state index in [0.29, 0.717) is 5.69 Å². The largest absolute Gasteiger partial charge is 0.399 e. The highest BCUT2D eigenvalue weighted by Gasteiger charge is 2.27. The topological polar surface area (TPSA) is 46.3 Å². The minimum Gasteiger partial charge on any atom is -0.399 e. The first-order valence-corrected chi connectivity index (χ1v) is 7.97. The zero-order valence-corrected chi connectivity index (χ0v) is 14.0. The van der Waals surface area contributed by atoms with Crippen LogP contribution < -0.4 is 5.73 Å². The average Bonchev–Trinajstić information content (AvgIpc) is 2.81. The molecule has 3 rings (SSSR count). The van der Waals surface area contributed by atoms with E-state index in [2.05, 4.69) is 12.1 Å².